The maximum absolute atomic E-state index is 9.38. The van der Waals surface area contributed by atoms with Crippen molar-refractivity contribution >= 4 is 17.2 Å². The second-order valence-corrected chi connectivity index (χ2v) is 6.03. The van der Waals surface area contributed by atoms with Crippen molar-refractivity contribution in [1.29, 1.82) is 0 Å². The van der Waals surface area contributed by atoms with E-state index >= 15 is 0 Å². The predicted octanol–water partition coefficient (Wildman–Crippen LogP) is 1.74. The molecule has 21 heavy (non-hydrogen) atoms. The maximum atomic E-state index is 9.38. The predicted molar refractivity (Wildman–Crippen MR) is 88.7 cm³/mol. The van der Waals surface area contributed by atoms with Gasteiger partial charge in [-0.3, -0.25) is 4.90 Å². The van der Waals surface area contributed by atoms with Crippen molar-refractivity contribution in [3.8, 4) is 5.75 Å². The SMILES string of the molecule is NC(=S)Cc1ccc(OCCN2CCCCC2CO)cc1. The highest BCUT2D eigenvalue weighted by molar-refractivity contribution is 7.80. The monoisotopic (exact) mass is 308 g/mol. The number of hydrogen-bond acceptors (Lipinski definition) is 4. The molecule has 0 amide bonds. The number of hydrogen-bond donors (Lipinski definition) is 2. The van der Waals surface area contributed by atoms with E-state index in [0.29, 0.717) is 24.1 Å². The van der Waals surface area contributed by atoms with E-state index in [9.17, 15) is 5.11 Å². The minimum atomic E-state index is 0.244. The van der Waals surface area contributed by atoms with Crippen LogP contribution in [0.4, 0.5) is 0 Å². The molecule has 2 rings (SSSR count). The van der Waals surface area contributed by atoms with Gasteiger partial charge >= 0.3 is 0 Å². The molecule has 0 spiro atoms. The average molecular weight is 308 g/mol. The zero-order valence-electron chi connectivity index (χ0n) is 12.3. The maximum Gasteiger partial charge on any atom is 0.119 e. The quantitative estimate of drug-likeness (QED) is 0.752. The largest absolute Gasteiger partial charge is 0.492 e. The molecule has 1 fully saturated rings. The van der Waals surface area contributed by atoms with Crippen molar-refractivity contribution < 1.29 is 9.84 Å². The average Bonchev–Trinajstić information content (AvgIpc) is 2.49. The number of likely N-dealkylation sites (tertiary alicyclic amines) is 1. The Kier molecular flexibility index (Phi) is 6.42. The Bertz CT molecular complexity index is 450. The Hall–Kier alpha value is -1.17. The molecule has 4 nitrogen and oxygen atoms in total. The Labute approximate surface area is 131 Å². The molecule has 3 N–H and O–H groups in total. The minimum absolute atomic E-state index is 0.244. The fraction of sp³-hybridized carbons (Fsp3) is 0.562. The van der Waals surface area contributed by atoms with Gasteiger partial charge in [-0.05, 0) is 37.1 Å². The number of piperidine rings is 1. The van der Waals surface area contributed by atoms with Crippen molar-refractivity contribution in [2.24, 2.45) is 5.73 Å². The van der Waals surface area contributed by atoms with E-state index in [4.69, 9.17) is 22.7 Å². The fourth-order valence-electron chi connectivity index (χ4n) is 2.75. The summed E-state index contributed by atoms with van der Waals surface area (Å²) < 4.78 is 5.77. The molecule has 1 saturated heterocycles. The number of nitrogens with two attached hydrogens (primary N) is 1. The van der Waals surface area contributed by atoms with Gasteiger partial charge in [-0.25, -0.2) is 0 Å². The number of thiocarbonyl (C=S) groups is 1. The molecule has 116 valence electrons. The standard InChI is InChI=1S/C16H24N2O2S/c17-16(21)11-13-4-6-15(7-5-13)20-10-9-18-8-2-1-3-14(18)12-19/h4-7,14,19H,1-3,8-12H2,(H2,17,21). The fourth-order valence-corrected chi connectivity index (χ4v) is 2.91. The third-order valence-electron chi connectivity index (χ3n) is 3.91. The summed E-state index contributed by atoms with van der Waals surface area (Å²) in [6, 6.07) is 8.19. The lowest BCUT2D eigenvalue weighted by molar-refractivity contribution is 0.0773. The van der Waals surface area contributed by atoms with Crippen LogP contribution in [0.5, 0.6) is 5.75 Å². The highest BCUT2D eigenvalue weighted by Crippen LogP contribution is 2.17. The van der Waals surface area contributed by atoms with Crippen LogP contribution in [0.3, 0.4) is 0 Å². The Morgan fingerprint density at radius 1 is 1.33 bits per heavy atom. The van der Waals surface area contributed by atoms with Crippen LogP contribution >= 0.6 is 12.2 Å². The normalized spacial score (nSPS) is 19.4. The molecule has 0 saturated carbocycles. The van der Waals surface area contributed by atoms with Gasteiger partial charge in [0, 0.05) is 19.0 Å². The van der Waals surface area contributed by atoms with Gasteiger partial charge in [0.2, 0.25) is 0 Å². The minimum Gasteiger partial charge on any atom is -0.492 e. The molecule has 1 unspecified atom stereocenters. The molecule has 1 aromatic rings. The van der Waals surface area contributed by atoms with Gasteiger partial charge in [0.1, 0.15) is 12.4 Å². The van der Waals surface area contributed by atoms with Crippen molar-refractivity contribution in [2.45, 2.75) is 31.7 Å². The number of ether oxygens (including phenoxy) is 1. The summed E-state index contributed by atoms with van der Waals surface area (Å²) in [5, 5.41) is 9.38. The van der Waals surface area contributed by atoms with Crippen molar-refractivity contribution in [3.63, 3.8) is 0 Å². The van der Waals surface area contributed by atoms with Gasteiger partial charge in [0.25, 0.3) is 0 Å². The molecule has 1 atom stereocenters. The molecular formula is C16H24N2O2S. The molecular weight excluding hydrogens is 284 g/mol. The highest BCUT2D eigenvalue weighted by Gasteiger charge is 2.20. The van der Waals surface area contributed by atoms with Crippen LogP contribution < -0.4 is 10.5 Å². The van der Waals surface area contributed by atoms with Crippen LogP contribution in [-0.4, -0.2) is 47.3 Å². The number of nitrogens with zero attached hydrogens (tertiary/aromatic N) is 1. The van der Waals surface area contributed by atoms with Crippen LogP contribution in [0.2, 0.25) is 0 Å². The first kappa shape index (κ1) is 16.2. The molecule has 0 aliphatic carbocycles. The summed E-state index contributed by atoms with van der Waals surface area (Å²) >= 11 is 4.90. The smallest absolute Gasteiger partial charge is 0.119 e. The zero-order valence-corrected chi connectivity index (χ0v) is 13.1. The van der Waals surface area contributed by atoms with Crippen molar-refractivity contribution in [2.75, 3.05) is 26.3 Å². The van der Waals surface area contributed by atoms with E-state index in [1.165, 1.54) is 12.8 Å². The van der Waals surface area contributed by atoms with E-state index in [2.05, 4.69) is 4.90 Å². The number of rotatable bonds is 7. The zero-order chi connectivity index (χ0) is 15.1. The molecule has 1 aliphatic heterocycles. The Morgan fingerprint density at radius 3 is 2.76 bits per heavy atom. The summed E-state index contributed by atoms with van der Waals surface area (Å²) in [6.45, 7) is 2.81. The van der Waals surface area contributed by atoms with Crippen LogP contribution in [-0.2, 0) is 6.42 Å². The van der Waals surface area contributed by atoms with E-state index in [1.807, 2.05) is 24.3 Å². The van der Waals surface area contributed by atoms with Gasteiger partial charge in [-0.1, -0.05) is 30.8 Å². The topological polar surface area (TPSA) is 58.7 Å². The molecule has 1 aliphatic rings. The molecule has 5 heteroatoms. The highest BCUT2D eigenvalue weighted by atomic mass is 32.1. The van der Waals surface area contributed by atoms with Crippen molar-refractivity contribution in [3.05, 3.63) is 29.8 Å². The second-order valence-electron chi connectivity index (χ2n) is 5.50. The van der Waals surface area contributed by atoms with E-state index in [1.54, 1.807) is 0 Å². The number of benzene rings is 1. The van der Waals surface area contributed by atoms with Crippen molar-refractivity contribution in [1.82, 2.24) is 4.90 Å². The lowest BCUT2D eigenvalue weighted by Crippen LogP contribution is -2.43. The van der Waals surface area contributed by atoms with Gasteiger partial charge < -0.3 is 15.6 Å². The molecule has 0 radical (unpaired) electrons. The van der Waals surface area contributed by atoms with Gasteiger partial charge in [-0.15, -0.1) is 0 Å². The first-order chi connectivity index (χ1) is 10.2. The van der Waals surface area contributed by atoms with Crippen LogP contribution in [0.1, 0.15) is 24.8 Å². The first-order valence-corrected chi connectivity index (χ1v) is 7.95. The third kappa shape index (κ3) is 5.26. The first-order valence-electron chi connectivity index (χ1n) is 7.54. The summed E-state index contributed by atoms with van der Waals surface area (Å²) in [5.74, 6) is 0.860. The van der Waals surface area contributed by atoms with Gasteiger partial charge in [0.15, 0.2) is 0 Å². The summed E-state index contributed by atoms with van der Waals surface area (Å²) in [7, 11) is 0. The molecule has 1 aromatic carbocycles. The van der Waals surface area contributed by atoms with Crippen LogP contribution in [0.25, 0.3) is 0 Å². The Balaban J connectivity index is 1.76. The lowest BCUT2D eigenvalue weighted by atomic mass is 10.0. The van der Waals surface area contributed by atoms with E-state index in [-0.39, 0.29) is 6.61 Å². The lowest BCUT2D eigenvalue weighted by Gasteiger charge is -2.34. The molecule has 1 heterocycles. The summed E-state index contributed by atoms with van der Waals surface area (Å²) in [6.07, 6.45) is 4.14. The Morgan fingerprint density at radius 2 is 2.10 bits per heavy atom. The second kappa shape index (κ2) is 8.32. The van der Waals surface area contributed by atoms with E-state index < -0.39 is 0 Å². The molecule has 0 aromatic heterocycles. The van der Waals surface area contributed by atoms with Gasteiger partial charge in [-0.2, -0.15) is 0 Å². The number of aliphatic hydroxyl groups excluding tert-OH is 1. The van der Waals surface area contributed by atoms with E-state index in [0.717, 1.165) is 30.8 Å². The number of aliphatic hydroxyl groups is 1. The van der Waals surface area contributed by atoms with Crippen LogP contribution in [0, 0.1) is 0 Å². The summed E-state index contributed by atoms with van der Waals surface area (Å²) in [4.78, 5) is 2.83. The summed E-state index contributed by atoms with van der Waals surface area (Å²) in [5.41, 5.74) is 6.63. The molecule has 0 bridgehead atoms. The van der Waals surface area contributed by atoms with Gasteiger partial charge in [0.05, 0.1) is 11.6 Å². The van der Waals surface area contributed by atoms with Crippen LogP contribution in [0.15, 0.2) is 24.3 Å². The third-order valence-corrected chi connectivity index (χ3v) is 4.05.